The van der Waals surface area contributed by atoms with Crippen molar-refractivity contribution in [1.29, 1.82) is 0 Å². The fourth-order valence-corrected chi connectivity index (χ4v) is 3.90. The number of alkyl halides is 3. The standard InChI is InChI=1S/C23H23ClF3N3O3/c1-3-29(4-2)22(33)18-8-7-16(13-19(18)24)28-21(32)14-10-15(23(25,26)27)12-17(11-14)30-9-5-6-20(30)31/h7-8,10-13H,3-6,9H2,1-2H3,(H,28,32). The minimum atomic E-state index is -4.69. The number of rotatable bonds is 6. The Bertz CT molecular complexity index is 1080. The molecule has 3 rings (SSSR count). The lowest BCUT2D eigenvalue weighted by molar-refractivity contribution is -0.137. The predicted octanol–water partition coefficient (Wildman–Crippen LogP) is 5.22. The van der Waals surface area contributed by atoms with Crippen LogP contribution in [-0.2, 0) is 11.0 Å². The van der Waals surface area contributed by atoms with Crippen LogP contribution in [-0.4, -0.2) is 42.3 Å². The lowest BCUT2D eigenvalue weighted by atomic mass is 10.1. The summed E-state index contributed by atoms with van der Waals surface area (Å²) in [6.45, 7) is 4.97. The first kappa shape index (κ1) is 24.6. The summed E-state index contributed by atoms with van der Waals surface area (Å²) < 4.78 is 40.3. The number of nitrogens with one attached hydrogen (secondary N) is 1. The number of nitrogens with zero attached hydrogens (tertiary/aromatic N) is 2. The molecule has 33 heavy (non-hydrogen) atoms. The van der Waals surface area contributed by atoms with Crippen molar-refractivity contribution in [2.45, 2.75) is 32.9 Å². The highest BCUT2D eigenvalue weighted by Gasteiger charge is 2.33. The van der Waals surface area contributed by atoms with Gasteiger partial charge in [-0.15, -0.1) is 0 Å². The van der Waals surface area contributed by atoms with E-state index < -0.39 is 17.6 Å². The molecular weight excluding hydrogens is 459 g/mol. The van der Waals surface area contributed by atoms with Crippen LogP contribution in [0.5, 0.6) is 0 Å². The van der Waals surface area contributed by atoms with E-state index in [0.29, 0.717) is 26.1 Å². The van der Waals surface area contributed by atoms with Crippen LogP contribution in [0.15, 0.2) is 36.4 Å². The molecule has 1 aliphatic rings. The van der Waals surface area contributed by atoms with Crippen molar-refractivity contribution in [2.24, 2.45) is 0 Å². The first-order valence-corrected chi connectivity index (χ1v) is 10.9. The Kier molecular flexibility index (Phi) is 7.31. The molecule has 0 bridgehead atoms. The molecule has 1 N–H and O–H groups in total. The number of hydrogen-bond acceptors (Lipinski definition) is 3. The minimum absolute atomic E-state index is 0.0238. The number of amides is 3. The Morgan fingerprint density at radius 2 is 1.82 bits per heavy atom. The zero-order valence-corrected chi connectivity index (χ0v) is 18.9. The molecule has 1 aliphatic heterocycles. The number of carbonyl (C=O) groups excluding carboxylic acids is 3. The third-order valence-corrected chi connectivity index (χ3v) is 5.71. The third-order valence-electron chi connectivity index (χ3n) is 5.40. The second-order valence-electron chi connectivity index (χ2n) is 7.54. The summed E-state index contributed by atoms with van der Waals surface area (Å²) in [6.07, 6.45) is -3.91. The fraction of sp³-hybridized carbons (Fsp3) is 0.348. The molecule has 0 unspecified atom stereocenters. The first-order chi connectivity index (χ1) is 15.5. The molecule has 2 aromatic rings. The summed E-state index contributed by atoms with van der Waals surface area (Å²) in [5.41, 5.74) is -0.776. The van der Waals surface area contributed by atoms with Crippen LogP contribution in [0.25, 0.3) is 0 Å². The first-order valence-electron chi connectivity index (χ1n) is 10.5. The molecule has 0 radical (unpaired) electrons. The van der Waals surface area contributed by atoms with Gasteiger partial charge in [-0.3, -0.25) is 14.4 Å². The van der Waals surface area contributed by atoms with Gasteiger partial charge in [0.05, 0.1) is 16.1 Å². The van der Waals surface area contributed by atoms with Crippen molar-refractivity contribution in [3.63, 3.8) is 0 Å². The molecule has 3 amide bonds. The highest BCUT2D eigenvalue weighted by atomic mass is 35.5. The summed E-state index contributed by atoms with van der Waals surface area (Å²) in [4.78, 5) is 40.1. The van der Waals surface area contributed by atoms with E-state index in [1.165, 1.54) is 29.2 Å². The zero-order valence-electron chi connectivity index (χ0n) is 18.1. The lowest BCUT2D eigenvalue weighted by Crippen LogP contribution is -2.30. The van der Waals surface area contributed by atoms with Gasteiger partial charge in [0.15, 0.2) is 0 Å². The molecule has 0 aliphatic carbocycles. The van der Waals surface area contributed by atoms with Crippen LogP contribution in [0.2, 0.25) is 5.02 Å². The van der Waals surface area contributed by atoms with Gasteiger partial charge in [-0.2, -0.15) is 13.2 Å². The van der Waals surface area contributed by atoms with Crippen LogP contribution in [0.3, 0.4) is 0 Å². The Morgan fingerprint density at radius 3 is 2.36 bits per heavy atom. The molecule has 0 saturated carbocycles. The highest BCUT2D eigenvalue weighted by Crippen LogP contribution is 2.34. The van der Waals surface area contributed by atoms with Gasteiger partial charge in [0.2, 0.25) is 5.91 Å². The van der Waals surface area contributed by atoms with E-state index in [9.17, 15) is 27.6 Å². The van der Waals surface area contributed by atoms with E-state index in [-0.39, 0.29) is 45.8 Å². The second kappa shape index (κ2) is 9.82. The number of anilines is 2. The molecule has 1 heterocycles. The molecular formula is C23H23ClF3N3O3. The number of hydrogen-bond donors (Lipinski definition) is 1. The van der Waals surface area contributed by atoms with Crippen LogP contribution in [0.1, 0.15) is 53.0 Å². The van der Waals surface area contributed by atoms with E-state index in [4.69, 9.17) is 11.6 Å². The summed E-state index contributed by atoms with van der Waals surface area (Å²) in [6, 6.07) is 7.14. The molecule has 10 heteroatoms. The maximum Gasteiger partial charge on any atom is 0.416 e. The molecule has 0 aromatic heterocycles. The fourth-order valence-electron chi connectivity index (χ4n) is 3.63. The number of carbonyl (C=O) groups is 3. The smallest absolute Gasteiger partial charge is 0.339 e. The van der Waals surface area contributed by atoms with Crippen LogP contribution in [0.4, 0.5) is 24.5 Å². The molecule has 176 valence electrons. The quantitative estimate of drug-likeness (QED) is 0.615. The Balaban J connectivity index is 1.88. The van der Waals surface area contributed by atoms with Crippen molar-refractivity contribution < 1.29 is 27.6 Å². The van der Waals surface area contributed by atoms with Gasteiger partial charge in [0, 0.05) is 43.0 Å². The minimum Gasteiger partial charge on any atom is -0.339 e. The summed E-state index contributed by atoms with van der Waals surface area (Å²) in [7, 11) is 0. The molecule has 1 fully saturated rings. The van der Waals surface area contributed by atoms with E-state index in [0.717, 1.165) is 12.1 Å². The van der Waals surface area contributed by atoms with Gasteiger partial charge in [-0.1, -0.05) is 11.6 Å². The Labute approximate surface area is 194 Å². The van der Waals surface area contributed by atoms with Crippen molar-refractivity contribution in [3.8, 4) is 0 Å². The lowest BCUT2D eigenvalue weighted by Gasteiger charge is -2.20. The highest BCUT2D eigenvalue weighted by molar-refractivity contribution is 6.34. The van der Waals surface area contributed by atoms with Crippen molar-refractivity contribution in [3.05, 3.63) is 58.1 Å². The summed E-state index contributed by atoms with van der Waals surface area (Å²) in [5.74, 6) is -1.35. The zero-order chi connectivity index (χ0) is 24.3. The second-order valence-corrected chi connectivity index (χ2v) is 7.95. The van der Waals surface area contributed by atoms with Crippen LogP contribution < -0.4 is 10.2 Å². The molecule has 2 aromatic carbocycles. The van der Waals surface area contributed by atoms with E-state index in [1.54, 1.807) is 4.90 Å². The predicted molar refractivity (Wildman–Crippen MR) is 120 cm³/mol. The van der Waals surface area contributed by atoms with Gasteiger partial charge in [-0.25, -0.2) is 0 Å². The number of benzene rings is 2. The van der Waals surface area contributed by atoms with E-state index in [1.807, 2.05) is 13.8 Å². The largest absolute Gasteiger partial charge is 0.416 e. The van der Waals surface area contributed by atoms with Gasteiger partial charge in [0.1, 0.15) is 0 Å². The average Bonchev–Trinajstić information content (AvgIpc) is 3.19. The van der Waals surface area contributed by atoms with E-state index in [2.05, 4.69) is 5.32 Å². The van der Waals surface area contributed by atoms with Crippen LogP contribution >= 0.6 is 11.6 Å². The third kappa shape index (κ3) is 5.47. The molecule has 6 nitrogen and oxygen atoms in total. The molecule has 0 spiro atoms. The monoisotopic (exact) mass is 481 g/mol. The van der Waals surface area contributed by atoms with Gasteiger partial charge < -0.3 is 15.1 Å². The Hall–Kier alpha value is -3.07. The van der Waals surface area contributed by atoms with Gasteiger partial charge in [0.25, 0.3) is 11.8 Å². The van der Waals surface area contributed by atoms with Gasteiger partial charge >= 0.3 is 6.18 Å². The van der Waals surface area contributed by atoms with Crippen LogP contribution in [0, 0.1) is 0 Å². The SMILES string of the molecule is CCN(CC)C(=O)c1ccc(NC(=O)c2cc(N3CCCC3=O)cc(C(F)(F)F)c2)cc1Cl. The Morgan fingerprint density at radius 1 is 1.12 bits per heavy atom. The number of halogens is 4. The van der Waals surface area contributed by atoms with Crippen molar-refractivity contribution in [1.82, 2.24) is 4.90 Å². The van der Waals surface area contributed by atoms with Gasteiger partial charge in [-0.05, 0) is 56.7 Å². The summed E-state index contributed by atoms with van der Waals surface area (Å²) in [5, 5.41) is 2.62. The summed E-state index contributed by atoms with van der Waals surface area (Å²) >= 11 is 6.23. The maximum absolute atomic E-state index is 13.4. The normalized spacial score (nSPS) is 13.9. The molecule has 1 saturated heterocycles. The average molecular weight is 482 g/mol. The maximum atomic E-state index is 13.4. The van der Waals surface area contributed by atoms with E-state index >= 15 is 0 Å². The molecule has 0 atom stereocenters. The topological polar surface area (TPSA) is 69.7 Å². The van der Waals surface area contributed by atoms with Crippen molar-refractivity contribution >= 4 is 40.7 Å². The van der Waals surface area contributed by atoms with Crippen molar-refractivity contribution in [2.75, 3.05) is 29.9 Å².